The average Bonchev–Trinajstić information content (AvgIpc) is 2.13. The number of nitrogen functional groups attached to an aromatic ring is 1. The second kappa shape index (κ2) is 5.71. The van der Waals surface area contributed by atoms with Gasteiger partial charge in [0.25, 0.3) is 0 Å². The van der Waals surface area contributed by atoms with E-state index in [1.807, 2.05) is 13.8 Å². The van der Waals surface area contributed by atoms with Crippen molar-refractivity contribution in [2.75, 3.05) is 5.73 Å². The predicted octanol–water partition coefficient (Wildman–Crippen LogP) is 2.27. The van der Waals surface area contributed by atoms with E-state index >= 15 is 0 Å². The summed E-state index contributed by atoms with van der Waals surface area (Å²) in [5.41, 5.74) is 6.32. The molecule has 0 saturated carbocycles. The van der Waals surface area contributed by atoms with Crippen LogP contribution in [0.25, 0.3) is 0 Å². The maximum Gasteiger partial charge on any atom is 0.153 e. The third-order valence-electron chi connectivity index (χ3n) is 1.10. The molecule has 0 aliphatic carbocycles. The van der Waals surface area contributed by atoms with Crippen LogP contribution in [-0.2, 0) is 0 Å². The molecule has 12 heavy (non-hydrogen) atoms. The van der Waals surface area contributed by atoms with Gasteiger partial charge in [-0.3, -0.25) is 9.78 Å². The molecule has 3 nitrogen and oxygen atoms in total. The largest absolute Gasteiger partial charge is 0.397 e. The first-order valence-corrected chi connectivity index (χ1v) is 4.39. The first kappa shape index (κ1) is 11.1. The fourth-order valence-corrected chi connectivity index (χ4v) is 0.901. The zero-order valence-electron chi connectivity index (χ0n) is 7.04. The Kier molecular flexibility index (Phi) is 5.28. The van der Waals surface area contributed by atoms with Crippen molar-refractivity contribution in [2.24, 2.45) is 0 Å². The average molecular weight is 231 g/mol. The van der Waals surface area contributed by atoms with Gasteiger partial charge in [0.1, 0.15) is 0 Å². The molecule has 0 unspecified atom stereocenters. The van der Waals surface area contributed by atoms with Gasteiger partial charge < -0.3 is 5.73 Å². The summed E-state index contributed by atoms with van der Waals surface area (Å²) in [6.07, 6.45) is 3.64. The van der Waals surface area contributed by atoms with E-state index in [0.717, 1.165) is 0 Å². The minimum atomic E-state index is 0.411. The summed E-state index contributed by atoms with van der Waals surface area (Å²) < 4.78 is 0.650. The molecule has 1 heterocycles. The fraction of sp³-hybridized carbons (Fsp3) is 0.250. The van der Waals surface area contributed by atoms with Gasteiger partial charge >= 0.3 is 0 Å². The second-order valence-electron chi connectivity index (χ2n) is 1.74. The van der Waals surface area contributed by atoms with E-state index in [0.29, 0.717) is 22.0 Å². The number of hydrogen-bond donors (Lipinski definition) is 1. The summed E-state index contributed by atoms with van der Waals surface area (Å²) in [7, 11) is 0. The van der Waals surface area contributed by atoms with Crippen molar-refractivity contribution in [2.45, 2.75) is 13.8 Å². The van der Waals surface area contributed by atoms with Crippen LogP contribution in [0.2, 0.25) is 0 Å². The van der Waals surface area contributed by atoms with Crippen molar-refractivity contribution >= 4 is 27.9 Å². The summed E-state index contributed by atoms with van der Waals surface area (Å²) in [6.45, 7) is 4.00. The highest BCUT2D eigenvalue weighted by Gasteiger charge is 2.00. The van der Waals surface area contributed by atoms with Crippen molar-refractivity contribution in [1.29, 1.82) is 0 Å². The van der Waals surface area contributed by atoms with Crippen molar-refractivity contribution in [3.63, 3.8) is 0 Å². The van der Waals surface area contributed by atoms with Crippen LogP contribution >= 0.6 is 15.9 Å². The van der Waals surface area contributed by atoms with E-state index in [4.69, 9.17) is 5.73 Å². The highest BCUT2D eigenvalue weighted by Crippen LogP contribution is 2.19. The number of carbonyl (C=O) groups is 1. The van der Waals surface area contributed by atoms with Crippen LogP contribution in [0.3, 0.4) is 0 Å². The number of aldehydes is 1. The van der Waals surface area contributed by atoms with E-state index in [9.17, 15) is 4.79 Å². The number of anilines is 1. The highest BCUT2D eigenvalue weighted by molar-refractivity contribution is 9.10. The molecule has 0 amide bonds. The van der Waals surface area contributed by atoms with Gasteiger partial charge in [-0.15, -0.1) is 0 Å². The molecule has 0 fully saturated rings. The quantitative estimate of drug-likeness (QED) is 0.754. The summed E-state index contributed by atoms with van der Waals surface area (Å²) in [6, 6.07) is 0. The van der Waals surface area contributed by atoms with Crippen LogP contribution in [-0.4, -0.2) is 11.3 Å². The van der Waals surface area contributed by atoms with Crippen LogP contribution in [0.1, 0.15) is 24.2 Å². The predicted molar refractivity (Wildman–Crippen MR) is 53.1 cm³/mol. The normalized spacial score (nSPS) is 8.25. The van der Waals surface area contributed by atoms with Crippen LogP contribution < -0.4 is 5.73 Å². The van der Waals surface area contributed by atoms with Crippen LogP contribution in [0.15, 0.2) is 16.9 Å². The number of rotatable bonds is 1. The molecule has 1 rings (SSSR count). The van der Waals surface area contributed by atoms with Crippen molar-refractivity contribution in [3.8, 4) is 0 Å². The van der Waals surface area contributed by atoms with Crippen molar-refractivity contribution in [1.82, 2.24) is 4.98 Å². The third kappa shape index (κ3) is 2.62. The van der Waals surface area contributed by atoms with Crippen LogP contribution in [0, 0.1) is 0 Å². The molecule has 0 atom stereocenters. The number of nitrogens with two attached hydrogens (primary N) is 1. The van der Waals surface area contributed by atoms with Gasteiger partial charge in [0.2, 0.25) is 0 Å². The molecule has 0 aliphatic rings. The Hall–Kier alpha value is -0.900. The smallest absolute Gasteiger partial charge is 0.153 e. The lowest BCUT2D eigenvalue weighted by atomic mass is 10.3. The SMILES string of the molecule is CC.Nc1c(Br)cncc1C=O. The molecule has 0 saturated heterocycles. The molecular formula is C8H11BrN2O. The first-order valence-electron chi connectivity index (χ1n) is 3.60. The lowest BCUT2D eigenvalue weighted by Crippen LogP contribution is -1.94. The van der Waals surface area contributed by atoms with Gasteiger partial charge in [0.15, 0.2) is 6.29 Å². The molecule has 4 heteroatoms. The molecule has 2 N–H and O–H groups in total. The maximum atomic E-state index is 10.2. The first-order chi connectivity index (χ1) is 5.75. The molecule has 66 valence electrons. The van der Waals surface area contributed by atoms with E-state index < -0.39 is 0 Å². The molecule has 1 aromatic rings. The molecule has 0 aliphatic heterocycles. The highest BCUT2D eigenvalue weighted by atomic mass is 79.9. The lowest BCUT2D eigenvalue weighted by molar-refractivity contribution is 0.112. The maximum absolute atomic E-state index is 10.2. The molecule has 1 aromatic heterocycles. The fourth-order valence-electron chi connectivity index (χ4n) is 0.554. The topological polar surface area (TPSA) is 56.0 Å². The number of hydrogen-bond acceptors (Lipinski definition) is 3. The number of carbonyl (C=O) groups excluding carboxylic acids is 1. The Labute approximate surface area is 80.1 Å². The number of nitrogens with zero attached hydrogens (tertiary/aromatic N) is 1. The minimum absolute atomic E-state index is 0.411. The van der Waals surface area contributed by atoms with Crippen LogP contribution in [0.4, 0.5) is 5.69 Å². The van der Waals surface area contributed by atoms with Crippen molar-refractivity contribution < 1.29 is 4.79 Å². The van der Waals surface area contributed by atoms with Gasteiger partial charge in [0, 0.05) is 12.4 Å². The number of aromatic nitrogens is 1. The van der Waals surface area contributed by atoms with Gasteiger partial charge in [0.05, 0.1) is 15.7 Å². The van der Waals surface area contributed by atoms with Crippen LogP contribution in [0.5, 0.6) is 0 Å². The molecule has 0 aromatic carbocycles. The monoisotopic (exact) mass is 230 g/mol. The van der Waals surface area contributed by atoms with E-state index in [1.54, 1.807) is 6.20 Å². The van der Waals surface area contributed by atoms with E-state index in [2.05, 4.69) is 20.9 Å². The third-order valence-corrected chi connectivity index (χ3v) is 1.73. The molecule has 0 bridgehead atoms. The van der Waals surface area contributed by atoms with Crippen molar-refractivity contribution in [3.05, 3.63) is 22.4 Å². The Balaban J connectivity index is 0.000000561. The molecule has 0 spiro atoms. The van der Waals surface area contributed by atoms with Gasteiger partial charge in [-0.2, -0.15) is 0 Å². The minimum Gasteiger partial charge on any atom is -0.397 e. The lowest BCUT2D eigenvalue weighted by Gasteiger charge is -1.97. The Morgan fingerprint density at radius 2 is 2.08 bits per heavy atom. The molecule has 0 radical (unpaired) electrons. The van der Waals surface area contributed by atoms with Gasteiger partial charge in [-0.05, 0) is 15.9 Å². The zero-order valence-corrected chi connectivity index (χ0v) is 8.63. The summed E-state index contributed by atoms with van der Waals surface area (Å²) in [4.78, 5) is 14.0. The van der Waals surface area contributed by atoms with Gasteiger partial charge in [-0.25, -0.2) is 0 Å². The summed E-state index contributed by atoms with van der Waals surface area (Å²) >= 11 is 3.14. The summed E-state index contributed by atoms with van der Waals surface area (Å²) in [5.74, 6) is 0. The van der Waals surface area contributed by atoms with Gasteiger partial charge in [-0.1, -0.05) is 13.8 Å². The standard InChI is InChI=1S/C6H5BrN2O.C2H6/c7-5-2-9-1-4(3-10)6(5)8;1-2/h1-3H,(H2,8,9);1-2H3. The molecular weight excluding hydrogens is 220 g/mol. The summed E-state index contributed by atoms with van der Waals surface area (Å²) in [5, 5.41) is 0. The number of halogens is 1. The van der Waals surface area contributed by atoms with E-state index in [1.165, 1.54) is 6.20 Å². The zero-order chi connectivity index (χ0) is 9.56. The Morgan fingerprint density at radius 1 is 1.50 bits per heavy atom. The Morgan fingerprint density at radius 3 is 2.50 bits per heavy atom. The Bertz CT molecular complexity index is 263. The number of pyridine rings is 1. The van der Waals surface area contributed by atoms with E-state index in [-0.39, 0.29) is 0 Å². The second-order valence-corrected chi connectivity index (χ2v) is 2.60.